The number of rotatable bonds is 20. The van der Waals surface area contributed by atoms with Crippen LogP contribution >= 0.6 is 0 Å². The molecular weight excluding hydrogens is 302 g/mol. The van der Waals surface area contributed by atoms with Crippen LogP contribution in [0.2, 0.25) is 0 Å². The predicted molar refractivity (Wildman–Crippen MR) is 116 cm³/mol. The van der Waals surface area contributed by atoms with E-state index in [-0.39, 0.29) is 0 Å². The summed E-state index contributed by atoms with van der Waals surface area (Å²) in [4.78, 5) is 0. The highest BCUT2D eigenvalue weighted by atomic mass is 15.3. The van der Waals surface area contributed by atoms with Gasteiger partial charge in [-0.15, -0.1) is 0 Å². The minimum absolute atomic E-state index is 1.15. The monoisotopic (exact) mass is 352 g/mol. The maximum Gasteiger partial charge on any atom is 0.0969 e. The van der Waals surface area contributed by atoms with Crippen molar-refractivity contribution in [2.45, 2.75) is 117 Å². The lowest BCUT2D eigenvalue weighted by molar-refractivity contribution is -0.904. The van der Waals surface area contributed by atoms with E-state index in [1.54, 1.807) is 0 Å². The standard InChI is InChI=1S/C24H50N/c1-5-8-10-12-14-15-16-17-19-21-24-25(4,22-7-3)23-20-18-13-11-9-6-2/h7H,3,5-6,8-24H2,1-2,4H3/q+1. The fourth-order valence-electron chi connectivity index (χ4n) is 3.86. The first kappa shape index (κ1) is 24.7. The first-order chi connectivity index (χ1) is 12.2. The van der Waals surface area contributed by atoms with Crippen molar-refractivity contribution in [2.24, 2.45) is 0 Å². The van der Waals surface area contributed by atoms with E-state index >= 15 is 0 Å². The van der Waals surface area contributed by atoms with E-state index < -0.39 is 0 Å². The second-order valence-electron chi connectivity index (χ2n) is 8.49. The molecule has 0 aliphatic rings. The Morgan fingerprint density at radius 3 is 1.20 bits per heavy atom. The third-order valence-electron chi connectivity index (χ3n) is 5.67. The molecule has 1 nitrogen and oxygen atoms in total. The quantitative estimate of drug-likeness (QED) is 0.119. The molecule has 0 aliphatic carbocycles. The number of quaternary nitrogens is 1. The number of unbranched alkanes of at least 4 members (excludes halogenated alkanes) is 14. The van der Waals surface area contributed by atoms with Gasteiger partial charge in [0.05, 0.1) is 26.7 Å². The molecule has 1 heteroatoms. The van der Waals surface area contributed by atoms with Crippen molar-refractivity contribution in [3.05, 3.63) is 12.7 Å². The summed E-state index contributed by atoms with van der Waals surface area (Å²) in [6.45, 7) is 12.4. The Hall–Kier alpha value is -0.300. The third kappa shape index (κ3) is 16.9. The Balaban J connectivity index is 3.64. The van der Waals surface area contributed by atoms with Crippen LogP contribution in [0.5, 0.6) is 0 Å². The van der Waals surface area contributed by atoms with Gasteiger partial charge in [-0.2, -0.15) is 0 Å². The van der Waals surface area contributed by atoms with Gasteiger partial charge in [0.1, 0.15) is 0 Å². The Kier molecular flexibility index (Phi) is 18.3. The lowest BCUT2D eigenvalue weighted by Crippen LogP contribution is -2.45. The molecule has 1 atom stereocenters. The summed E-state index contributed by atoms with van der Waals surface area (Å²) in [5.41, 5.74) is 0. The molecule has 0 aromatic carbocycles. The van der Waals surface area contributed by atoms with Gasteiger partial charge in [-0.25, -0.2) is 0 Å². The van der Waals surface area contributed by atoms with Crippen LogP contribution in [0.25, 0.3) is 0 Å². The molecule has 0 aliphatic heterocycles. The summed E-state index contributed by atoms with van der Waals surface area (Å²) in [5, 5.41) is 0. The average Bonchev–Trinajstić information content (AvgIpc) is 2.60. The second-order valence-corrected chi connectivity index (χ2v) is 8.49. The molecule has 0 aromatic heterocycles. The van der Waals surface area contributed by atoms with Crippen LogP contribution in [-0.2, 0) is 0 Å². The maximum absolute atomic E-state index is 4.00. The summed E-state index contributed by atoms with van der Waals surface area (Å²) in [6, 6.07) is 0. The van der Waals surface area contributed by atoms with E-state index in [0.29, 0.717) is 0 Å². The van der Waals surface area contributed by atoms with Gasteiger partial charge < -0.3 is 4.48 Å². The summed E-state index contributed by atoms with van der Waals surface area (Å²) in [6.07, 6.45) is 24.9. The molecule has 0 fully saturated rings. The van der Waals surface area contributed by atoms with Crippen LogP contribution in [0.4, 0.5) is 0 Å². The average molecular weight is 353 g/mol. The molecule has 0 heterocycles. The van der Waals surface area contributed by atoms with E-state index in [0.717, 1.165) is 6.54 Å². The zero-order chi connectivity index (χ0) is 18.6. The second kappa shape index (κ2) is 18.5. The minimum atomic E-state index is 1.15. The molecule has 0 rings (SSSR count). The van der Waals surface area contributed by atoms with Crippen LogP contribution in [0.15, 0.2) is 12.7 Å². The first-order valence-electron chi connectivity index (χ1n) is 11.6. The number of hydrogen-bond donors (Lipinski definition) is 0. The van der Waals surface area contributed by atoms with Crippen LogP contribution in [-0.4, -0.2) is 31.2 Å². The molecule has 0 aromatic rings. The smallest absolute Gasteiger partial charge is 0.0969 e. The van der Waals surface area contributed by atoms with E-state index in [2.05, 4.69) is 33.6 Å². The first-order valence-corrected chi connectivity index (χ1v) is 11.6. The molecule has 0 amide bonds. The Morgan fingerprint density at radius 1 is 0.560 bits per heavy atom. The van der Waals surface area contributed by atoms with Gasteiger partial charge in [-0.05, 0) is 31.8 Å². The van der Waals surface area contributed by atoms with E-state index in [1.165, 1.54) is 120 Å². The van der Waals surface area contributed by atoms with Gasteiger partial charge in [0.25, 0.3) is 0 Å². The molecular formula is C24H50N+. The number of hydrogen-bond acceptors (Lipinski definition) is 0. The molecule has 150 valence electrons. The van der Waals surface area contributed by atoms with Crippen molar-refractivity contribution in [2.75, 3.05) is 26.7 Å². The fourth-order valence-corrected chi connectivity index (χ4v) is 3.86. The molecule has 1 unspecified atom stereocenters. The van der Waals surface area contributed by atoms with Crippen molar-refractivity contribution in [3.63, 3.8) is 0 Å². The maximum atomic E-state index is 4.00. The molecule has 0 N–H and O–H groups in total. The Bertz CT molecular complexity index is 273. The van der Waals surface area contributed by atoms with Gasteiger partial charge in [0.15, 0.2) is 0 Å². The largest absolute Gasteiger partial charge is 0.323 e. The molecule has 0 radical (unpaired) electrons. The van der Waals surface area contributed by atoms with Crippen LogP contribution in [0.1, 0.15) is 117 Å². The van der Waals surface area contributed by atoms with Crippen molar-refractivity contribution in [1.29, 1.82) is 0 Å². The van der Waals surface area contributed by atoms with Crippen LogP contribution < -0.4 is 0 Å². The molecule has 25 heavy (non-hydrogen) atoms. The minimum Gasteiger partial charge on any atom is -0.323 e. The summed E-state index contributed by atoms with van der Waals surface area (Å²) in [5.74, 6) is 0. The van der Waals surface area contributed by atoms with Crippen molar-refractivity contribution >= 4 is 0 Å². The Labute approximate surface area is 160 Å². The number of likely N-dealkylation sites (N-methyl/N-ethyl adjacent to an activating group) is 1. The SMILES string of the molecule is C=CC[N+](C)(CCCCCCCC)CCCCCCCCCCCC. The zero-order valence-electron chi connectivity index (χ0n) is 18.2. The molecule has 0 saturated heterocycles. The fraction of sp³-hybridized carbons (Fsp3) is 0.917. The van der Waals surface area contributed by atoms with Gasteiger partial charge in [-0.1, -0.05) is 97.5 Å². The molecule has 0 spiro atoms. The lowest BCUT2D eigenvalue weighted by atomic mass is 10.1. The predicted octanol–water partition coefficient (Wildman–Crippen LogP) is 7.90. The van der Waals surface area contributed by atoms with E-state index in [1.807, 2.05) is 0 Å². The molecule has 0 saturated carbocycles. The van der Waals surface area contributed by atoms with E-state index in [9.17, 15) is 0 Å². The summed E-state index contributed by atoms with van der Waals surface area (Å²) in [7, 11) is 2.45. The van der Waals surface area contributed by atoms with Crippen LogP contribution in [0.3, 0.4) is 0 Å². The van der Waals surface area contributed by atoms with Crippen molar-refractivity contribution in [3.8, 4) is 0 Å². The van der Waals surface area contributed by atoms with Gasteiger partial charge in [0, 0.05) is 0 Å². The number of nitrogens with zero attached hydrogens (tertiary/aromatic N) is 1. The Morgan fingerprint density at radius 2 is 0.880 bits per heavy atom. The normalized spacial score (nSPS) is 13.7. The highest BCUT2D eigenvalue weighted by Gasteiger charge is 2.18. The van der Waals surface area contributed by atoms with Crippen LogP contribution in [0, 0.1) is 0 Å². The van der Waals surface area contributed by atoms with Gasteiger partial charge >= 0.3 is 0 Å². The zero-order valence-corrected chi connectivity index (χ0v) is 18.2. The summed E-state index contributed by atoms with van der Waals surface area (Å²) < 4.78 is 1.22. The van der Waals surface area contributed by atoms with Gasteiger partial charge in [-0.3, -0.25) is 0 Å². The van der Waals surface area contributed by atoms with Crippen molar-refractivity contribution in [1.82, 2.24) is 0 Å². The van der Waals surface area contributed by atoms with Crippen molar-refractivity contribution < 1.29 is 4.48 Å². The van der Waals surface area contributed by atoms with E-state index in [4.69, 9.17) is 0 Å². The highest BCUT2D eigenvalue weighted by Crippen LogP contribution is 2.14. The summed E-state index contributed by atoms with van der Waals surface area (Å²) >= 11 is 0. The highest BCUT2D eigenvalue weighted by molar-refractivity contribution is 4.65. The lowest BCUT2D eigenvalue weighted by Gasteiger charge is -2.34. The molecule has 0 bridgehead atoms. The van der Waals surface area contributed by atoms with Gasteiger partial charge in [0.2, 0.25) is 0 Å². The topological polar surface area (TPSA) is 0 Å². The third-order valence-corrected chi connectivity index (χ3v) is 5.67.